The molecule has 0 radical (unpaired) electrons. The maximum absolute atomic E-state index is 12.4. The second-order valence-electron chi connectivity index (χ2n) is 34.5. The van der Waals surface area contributed by atoms with Crippen LogP contribution in [0.3, 0.4) is 0 Å². The Kier molecular flexibility index (Phi) is 30.5. The Labute approximate surface area is 853 Å². The second-order valence-corrected chi connectivity index (χ2v) is 41.7. The van der Waals surface area contributed by atoms with E-state index in [4.69, 9.17) is 14.7 Å². The molecule has 0 spiro atoms. The number of piperidine rings is 2. The minimum atomic E-state index is -0.496. The molecule has 145 heavy (non-hydrogen) atoms. The Bertz CT molecular complexity index is 8710. The highest BCUT2D eigenvalue weighted by molar-refractivity contribution is 7.20. The zero-order valence-corrected chi connectivity index (χ0v) is 84.8. The molecular formula is C106H93N23O9S7. The molecular weight excluding hydrogens is 1960 g/mol. The molecule has 1 aliphatic carbocycles. The van der Waals surface area contributed by atoms with Crippen molar-refractivity contribution in [3.05, 3.63) is 343 Å². The van der Waals surface area contributed by atoms with Gasteiger partial charge in [-0.25, -0.2) is 39.7 Å². The molecule has 22 aromatic rings. The van der Waals surface area contributed by atoms with E-state index >= 15 is 0 Å². The van der Waals surface area contributed by atoms with Gasteiger partial charge in [0.2, 0.25) is 0 Å². The predicted octanol–water partition coefficient (Wildman–Crippen LogP) is 19.7. The number of carbonyl (C=O) groups excluding carboxylic acids is 1. The first kappa shape index (κ1) is 98.3. The van der Waals surface area contributed by atoms with Gasteiger partial charge in [0.1, 0.15) is 78.3 Å². The molecule has 2 saturated heterocycles. The van der Waals surface area contributed by atoms with Crippen LogP contribution >= 0.6 is 79.4 Å². The number of ether oxygens (including phenoxy) is 1. The summed E-state index contributed by atoms with van der Waals surface area (Å²) in [5, 5.41) is 15.1. The second kappa shape index (κ2) is 45.0. The highest BCUT2D eigenvalue weighted by Crippen LogP contribution is 2.42. The van der Waals surface area contributed by atoms with Gasteiger partial charge in [-0.15, -0.1) is 79.4 Å². The van der Waals surface area contributed by atoms with Crippen molar-refractivity contribution in [2.24, 2.45) is 11.8 Å². The lowest BCUT2D eigenvalue weighted by atomic mass is 9.81. The van der Waals surface area contributed by atoms with Gasteiger partial charge in [-0.2, -0.15) is 0 Å². The zero-order chi connectivity index (χ0) is 100. The minimum absolute atomic E-state index is 0.0637. The number of aromatic nitrogens is 21. The predicted molar refractivity (Wildman–Crippen MR) is 580 cm³/mol. The van der Waals surface area contributed by atoms with Crippen molar-refractivity contribution in [1.82, 2.24) is 115 Å². The first-order chi connectivity index (χ1) is 70.7. The van der Waals surface area contributed by atoms with Gasteiger partial charge in [-0.05, 0) is 270 Å². The smallest absolute Gasteiger partial charge is 0.341 e. The molecule has 32 nitrogen and oxygen atoms in total. The van der Waals surface area contributed by atoms with Crippen LogP contribution in [-0.2, 0) is 17.6 Å². The summed E-state index contributed by atoms with van der Waals surface area (Å²) in [6, 6.07) is 48.8. The topological polar surface area (TPSA) is 461 Å². The number of hydrogen-bond donors (Lipinski definition) is 9. The standard InChI is InChI=1S/C18H13N3OS.2C17H18N4OS.C15H13N3OS.C14H11N3O3S.C13H11N3OS.C12H9N3OS/c1-11-6-2-3-7-12(11)13-10-23-16-15(13)20-17(21-18(16)22)14-8-4-5-9-19-14;22-17-15-14(20-16(21-17)13-5-1-2-7-19-13)12(10-23-15)8-11-4-3-6-18-9-11;22-17-15-14(20-16(21-17)13-3-1-2-6-19-13)12(10-23-15)9-11-4-7-18-8-5-11;19-15-13-12(10(8-20-13)9-4-3-5-9)17-14(18-15)11-6-1-2-7-16-11;1-7-9(14(19)20-2)10-11(21-7)13(18)17-12(16-10)8-5-3-4-6-15-8;1-7-8(2)18-11-10(7)15-12(16-13(11)17)9-5-3-4-6-14-9;1-7-6-9-10(17-7)12(16)15-11(14-9)8-4-2-3-5-13-8/h2-10H,1H3,(H,20,21,22);1-2,5,7,10-11,18H,3-4,6,8-9H2,(H,20,21,22);1-3,6,10-11,18H,4-5,7-9H2,(H,20,21,22);1-2,6-9H,3-5H2,(H,17,18,19);3-6H,1-2H3,(H,16,17,18);3-6H,1-2H3,(H,15,16,17);2-6H,1H3,(H,14,15,16). The summed E-state index contributed by atoms with van der Waals surface area (Å²) in [4.78, 5) is 182. The summed E-state index contributed by atoms with van der Waals surface area (Å²) < 4.78 is 9.33. The number of thiophene rings is 7. The fraction of sp³-hybridized carbons (Fsp3) is 0.208. The van der Waals surface area contributed by atoms with Crippen LogP contribution in [0.4, 0.5) is 0 Å². The Morgan fingerprint density at radius 1 is 0.345 bits per heavy atom. The summed E-state index contributed by atoms with van der Waals surface area (Å²) in [5.74, 6) is 4.90. The lowest BCUT2D eigenvalue weighted by Crippen LogP contribution is -2.30. The molecule has 23 heterocycles. The average Bonchev–Trinajstić information content (AvgIpc) is 1.63. The quantitative estimate of drug-likeness (QED) is 0.0457. The maximum atomic E-state index is 12.4. The lowest BCUT2D eigenvalue weighted by molar-refractivity contribution is 0.0602. The van der Waals surface area contributed by atoms with Crippen LogP contribution < -0.4 is 49.5 Å². The molecule has 2 aliphatic heterocycles. The number of nitrogens with zero attached hydrogens (tertiary/aromatic N) is 14. The third kappa shape index (κ3) is 22.3. The molecule has 1 aromatic carbocycles. The summed E-state index contributed by atoms with van der Waals surface area (Å²) >= 11 is 10.1. The maximum Gasteiger partial charge on any atom is 0.341 e. The third-order valence-electron chi connectivity index (χ3n) is 24.7. The molecule has 1 unspecified atom stereocenters. The minimum Gasteiger partial charge on any atom is -0.465 e. The van der Waals surface area contributed by atoms with Gasteiger partial charge in [0.15, 0.2) is 40.8 Å². The number of methoxy groups -OCH3 is 1. The molecule has 0 bridgehead atoms. The molecule has 21 aromatic heterocycles. The number of H-pyrrole nitrogens is 7. The first-order valence-corrected chi connectivity index (χ1v) is 52.7. The molecule has 3 aliphatic rings. The van der Waals surface area contributed by atoms with Gasteiger partial charge in [0, 0.05) is 69.0 Å². The summed E-state index contributed by atoms with van der Waals surface area (Å²) in [5.41, 5.74) is 17.3. The molecule has 1 saturated carbocycles. The van der Waals surface area contributed by atoms with Crippen molar-refractivity contribution in [2.45, 2.75) is 98.3 Å². The van der Waals surface area contributed by atoms with Crippen molar-refractivity contribution in [3.63, 3.8) is 0 Å². The number of carbonyl (C=O) groups is 1. The Balaban J connectivity index is 0.000000107. The number of fused-ring (bicyclic) bond motifs is 7. The van der Waals surface area contributed by atoms with E-state index in [9.17, 15) is 38.4 Å². The summed E-state index contributed by atoms with van der Waals surface area (Å²) in [6.45, 7) is 14.1. The molecule has 728 valence electrons. The van der Waals surface area contributed by atoms with Gasteiger partial charge in [0.05, 0.1) is 45.8 Å². The monoisotopic (exact) mass is 2060 g/mol. The van der Waals surface area contributed by atoms with E-state index < -0.39 is 5.97 Å². The molecule has 9 N–H and O–H groups in total. The SMILES string of the molecule is COC(=O)c1c(C)sc2c(=O)[nH]c(-c3ccccn3)nc12.Cc1cc2nc(-c3ccccn3)[nH]c(=O)c2s1.Cc1ccccc1-c1csc2c(=O)[nH]c(-c3ccccn3)nc12.Cc1sc2c(=O)[nH]c(-c3ccccn3)nc2c1C.O=c1[nH]c(-c2ccccn2)nc2c(C3CCC3)csc12.O=c1[nH]c(-c2ccccn2)nc2c(CC3CCCNC3)csc12.O=c1[nH]c(-c2ccccn2)nc2c(CC3CCNCC3)csc12. The van der Waals surface area contributed by atoms with Crippen molar-refractivity contribution < 1.29 is 9.53 Å². The van der Waals surface area contributed by atoms with Crippen molar-refractivity contribution in [2.75, 3.05) is 33.3 Å². The normalized spacial score (nSPS) is 13.5. The first-order valence-electron chi connectivity index (χ1n) is 46.7. The van der Waals surface area contributed by atoms with Crippen molar-refractivity contribution in [3.8, 4) is 91.8 Å². The van der Waals surface area contributed by atoms with Crippen molar-refractivity contribution in [1.29, 1.82) is 0 Å². The van der Waals surface area contributed by atoms with Crippen LogP contribution in [0.1, 0.15) is 104 Å². The van der Waals surface area contributed by atoms with Gasteiger partial charge < -0.3 is 50.3 Å². The van der Waals surface area contributed by atoms with Crippen LogP contribution in [-0.4, -0.2) is 144 Å². The third-order valence-corrected chi connectivity index (χ3v) is 32.0. The Morgan fingerprint density at radius 2 is 0.724 bits per heavy atom. The molecule has 25 rings (SSSR count). The van der Waals surface area contributed by atoms with E-state index in [1.54, 1.807) is 68.5 Å². The highest BCUT2D eigenvalue weighted by atomic mass is 32.1. The largest absolute Gasteiger partial charge is 0.465 e. The number of esters is 1. The fourth-order valence-corrected chi connectivity index (χ4v) is 23.6. The van der Waals surface area contributed by atoms with Crippen LogP contribution in [0.5, 0.6) is 0 Å². The van der Waals surface area contributed by atoms with E-state index in [0.717, 1.165) is 109 Å². The van der Waals surface area contributed by atoms with Gasteiger partial charge in [-0.3, -0.25) is 68.4 Å². The van der Waals surface area contributed by atoms with Crippen LogP contribution in [0.15, 0.2) is 256 Å². The molecule has 39 heteroatoms. The van der Waals surface area contributed by atoms with Crippen LogP contribution in [0, 0.1) is 46.5 Å². The van der Waals surface area contributed by atoms with E-state index in [2.05, 4.69) is 141 Å². The van der Waals surface area contributed by atoms with Gasteiger partial charge >= 0.3 is 5.97 Å². The van der Waals surface area contributed by atoms with Gasteiger partial charge in [-0.1, -0.05) is 73.2 Å². The number of rotatable bonds is 14. The Hall–Kier alpha value is -15.5. The van der Waals surface area contributed by atoms with Crippen LogP contribution in [0.2, 0.25) is 0 Å². The van der Waals surface area contributed by atoms with Crippen molar-refractivity contribution >= 4 is 157 Å². The number of nitrogens with one attached hydrogen (secondary N) is 9. The molecule has 3 fully saturated rings. The average molecular weight is 2060 g/mol. The number of aryl methyl sites for hydroxylation is 5. The summed E-state index contributed by atoms with van der Waals surface area (Å²) in [6.07, 6.45) is 22.3. The Morgan fingerprint density at radius 3 is 1.16 bits per heavy atom. The van der Waals surface area contributed by atoms with E-state index in [1.807, 2.05) is 154 Å². The molecule has 0 amide bonds. The number of benzene rings is 1. The number of aromatic amines is 7. The van der Waals surface area contributed by atoms with Crippen LogP contribution in [0.25, 0.3) is 163 Å². The highest BCUT2D eigenvalue weighted by Gasteiger charge is 2.28. The summed E-state index contributed by atoms with van der Waals surface area (Å²) in [7, 11) is 1.30. The molecule has 1 atom stereocenters. The number of pyridine rings is 7. The van der Waals surface area contributed by atoms with E-state index in [0.29, 0.717) is 143 Å². The lowest BCUT2D eigenvalue weighted by Gasteiger charge is -2.24. The van der Waals surface area contributed by atoms with Gasteiger partial charge in [0.25, 0.3) is 38.9 Å². The zero-order valence-electron chi connectivity index (χ0n) is 79.1. The van der Waals surface area contributed by atoms with E-state index in [1.165, 1.54) is 148 Å². The van der Waals surface area contributed by atoms with E-state index in [-0.39, 0.29) is 38.9 Å². The fourth-order valence-electron chi connectivity index (χ4n) is 17.1. The number of hydrogen-bond acceptors (Lipinski definition) is 32.